The van der Waals surface area contributed by atoms with Gasteiger partial charge in [0.2, 0.25) is 5.89 Å². The van der Waals surface area contributed by atoms with E-state index in [-0.39, 0.29) is 12.5 Å². The van der Waals surface area contributed by atoms with Crippen molar-refractivity contribution in [2.75, 3.05) is 0 Å². The second-order valence-corrected chi connectivity index (χ2v) is 6.80. The minimum atomic E-state index is -0.406. The minimum Gasteiger partial charge on any atom is -0.452 e. The molecule has 0 unspecified atom stereocenters. The van der Waals surface area contributed by atoms with E-state index in [0.29, 0.717) is 18.0 Å². The van der Waals surface area contributed by atoms with Crippen molar-refractivity contribution >= 4 is 5.97 Å². The SMILES string of the molecule is Cc1cc(C(=O)OCc2nnc(-c3ccccc3)o2)c(C)n1Cc1ccccc1. The predicted octanol–water partition coefficient (Wildman–Crippen LogP) is 4.56. The highest BCUT2D eigenvalue weighted by molar-refractivity contribution is 5.91. The molecule has 0 aliphatic rings. The van der Waals surface area contributed by atoms with Gasteiger partial charge < -0.3 is 13.7 Å². The number of hydrogen-bond donors (Lipinski definition) is 0. The number of esters is 1. The molecule has 29 heavy (non-hydrogen) atoms. The lowest BCUT2D eigenvalue weighted by Crippen LogP contribution is -2.09. The number of carbonyl (C=O) groups excluding carboxylic acids is 1. The van der Waals surface area contributed by atoms with E-state index in [4.69, 9.17) is 9.15 Å². The molecule has 0 saturated heterocycles. The van der Waals surface area contributed by atoms with Crippen molar-refractivity contribution in [1.29, 1.82) is 0 Å². The largest absolute Gasteiger partial charge is 0.452 e. The normalized spacial score (nSPS) is 10.8. The number of nitrogens with zero attached hydrogens (tertiary/aromatic N) is 3. The summed E-state index contributed by atoms with van der Waals surface area (Å²) in [6.07, 6.45) is 0. The van der Waals surface area contributed by atoms with Crippen molar-refractivity contribution in [2.45, 2.75) is 27.0 Å². The monoisotopic (exact) mass is 387 g/mol. The first-order chi connectivity index (χ1) is 14.1. The molecule has 0 amide bonds. The van der Waals surface area contributed by atoms with Crippen LogP contribution >= 0.6 is 0 Å². The van der Waals surface area contributed by atoms with Gasteiger partial charge in [-0.3, -0.25) is 0 Å². The van der Waals surface area contributed by atoms with E-state index in [2.05, 4.69) is 26.9 Å². The Labute approximate surface area is 168 Å². The second kappa shape index (κ2) is 8.14. The van der Waals surface area contributed by atoms with Gasteiger partial charge in [0.15, 0.2) is 6.61 Å². The van der Waals surface area contributed by atoms with E-state index in [1.165, 1.54) is 5.56 Å². The van der Waals surface area contributed by atoms with Gasteiger partial charge in [0.05, 0.1) is 5.56 Å². The summed E-state index contributed by atoms with van der Waals surface area (Å²) < 4.78 is 13.1. The topological polar surface area (TPSA) is 70.2 Å². The molecule has 146 valence electrons. The average Bonchev–Trinajstić information content (AvgIpc) is 3.34. The fraction of sp³-hybridized carbons (Fsp3) is 0.174. The first-order valence-electron chi connectivity index (χ1n) is 9.37. The quantitative estimate of drug-likeness (QED) is 0.454. The van der Waals surface area contributed by atoms with Gasteiger partial charge in [0, 0.05) is 23.5 Å². The van der Waals surface area contributed by atoms with Crippen molar-refractivity contribution in [2.24, 2.45) is 0 Å². The fourth-order valence-corrected chi connectivity index (χ4v) is 3.23. The maximum Gasteiger partial charge on any atom is 0.340 e. The van der Waals surface area contributed by atoms with Crippen LogP contribution in [-0.2, 0) is 17.9 Å². The molecule has 0 spiro atoms. The van der Waals surface area contributed by atoms with Gasteiger partial charge in [0.25, 0.3) is 5.89 Å². The number of ether oxygens (including phenoxy) is 1. The van der Waals surface area contributed by atoms with Crippen molar-refractivity contribution in [3.8, 4) is 11.5 Å². The highest BCUT2D eigenvalue weighted by Gasteiger charge is 2.18. The average molecular weight is 387 g/mol. The zero-order valence-electron chi connectivity index (χ0n) is 16.3. The fourth-order valence-electron chi connectivity index (χ4n) is 3.23. The Morgan fingerprint density at radius 1 is 1.00 bits per heavy atom. The molecule has 0 atom stereocenters. The van der Waals surface area contributed by atoms with Crippen molar-refractivity contribution < 1.29 is 13.9 Å². The number of benzene rings is 2. The molecule has 0 aliphatic carbocycles. The highest BCUT2D eigenvalue weighted by atomic mass is 16.5. The zero-order chi connectivity index (χ0) is 20.2. The Hall–Kier alpha value is -3.67. The number of hydrogen-bond acceptors (Lipinski definition) is 5. The first kappa shape index (κ1) is 18.7. The molecule has 0 fully saturated rings. The molecule has 0 saturated carbocycles. The highest BCUT2D eigenvalue weighted by Crippen LogP contribution is 2.20. The van der Waals surface area contributed by atoms with E-state index < -0.39 is 5.97 Å². The summed E-state index contributed by atoms with van der Waals surface area (Å²) in [4.78, 5) is 12.6. The second-order valence-electron chi connectivity index (χ2n) is 6.80. The third kappa shape index (κ3) is 4.11. The summed E-state index contributed by atoms with van der Waals surface area (Å²) in [5, 5.41) is 7.97. The Morgan fingerprint density at radius 2 is 1.69 bits per heavy atom. The zero-order valence-corrected chi connectivity index (χ0v) is 16.3. The van der Waals surface area contributed by atoms with Crippen LogP contribution in [0.3, 0.4) is 0 Å². The molecule has 2 aromatic heterocycles. The van der Waals surface area contributed by atoms with Crippen LogP contribution in [-0.4, -0.2) is 20.7 Å². The lowest BCUT2D eigenvalue weighted by Gasteiger charge is -2.10. The third-order valence-electron chi connectivity index (χ3n) is 4.79. The number of rotatable bonds is 6. The predicted molar refractivity (Wildman–Crippen MR) is 108 cm³/mol. The van der Waals surface area contributed by atoms with Crippen molar-refractivity contribution in [3.05, 3.63) is 95.1 Å². The van der Waals surface area contributed by atoms with Crippen LogP contribution in [0.5, 0.6) is 0 Å². The third-order valence-corrected chi connectivity index (χ3v) is 4.79. The Bertz CT molecular complexity index is 1110. The summed E-state index contributed by atoms with van der Waals surface area (Å²) in [6, 6.07) is 21.4. The van der Waals surface area contributed by atoms with Crippen LogP contribution in [0, 0.1) is 13.8 Å². The lowest BCUT2D eigenvalue weighted by molar-refractivity contribution is 0.0437. The van der Waals surface area contributed by atoms with Crippen molar-refractivity contribution in [1.82, 2.24) is 14.8 Å². The van der Waals surface area contributed by atoms with Crippen LogP contribution in [0.2, 0.25) is 0 Å². The molecular formula is C23H21N3O3. The molecule has 4 rings (SSSR count). The summed E-state index contributed by atoms with van der Waals surface area (Å²) in [5.74, 6) is 0.254. The van der Waals surface area contributed by atoms with Gasteiger partial charge >= 0.3 is 5.97 Å². The van der Waals surface area contributed by atoms with E-state index in [1.807, 2.05) is 68.4 Å². The van der Waals surface area contributed by atoms with Gasteiger partial charge in [0.1, 0.15) is 0 Å². The molecule has 6 nitrogen and oxygen atoms in total. The molecule has 0 aliphatic heterocycles. The van der Waals surface area contributed by atoms with Crippen LogP contribution in [0.25, 0.3) is 11.5 Å². The number of aryl methyl sites for hydroxylation is 1. The Balaban J connectivity index is 1.44. The van der Waals surface area contributed by atoms with Crippen LogP contribution in [0.1, 0.15) is 33.2 Å². The van der Waals surface area contributed by atoms with Crippen LogP contribution < -0.4 is 0 Å². The minimum absolute atomic E-state index is 0.0684. The maximum absolute atomic E-state index is 12.6. The molecule has 2 aromatic carbocycles. The summed E-state index contributed by atoms with van der Waals surface area (Å²) >= 11 is 0. The molecular weight excluding hydrogens is 366 g/mol. The molecule has 0 bridgehead atoms. The van der Waals surface area contributed by atoms with Gasteiger partial charge in [-0.05, 0) is 37.6 Å². The molecule has 6 heteroatoms. The first-order valence-corrected chi connectivity index (χ1v) is 9.37. The molecule has 0 radical (unpaired) electrons. The van der Waals surface area contributed by atoms with Crippen LogP contribution in [0.4, 0.5) is 0 Å². The summed E-state index contributed by atoms with van der Waals surface area (Å²) in [5.41, 5.74) is 4.41. The van der Waals surface area contributed by atoms with E-state index in [0.717, 1.165) is 17.0 Å². The van der Waals surface area contributed by atoms with E-state index in [9.17, 15) is 4.79 Å². The summed E-state index contributed by atoms with van der Waals surface area (Å²) in [6.45, 7) is 4.54. The van der Waals surface area contributed by atoms with Gasteiger partial charge in [-0.25, -0.2) is 4.79 Å². The van der Waals surface area contributed by atoms with Crippen LogP contribution in [0.15, 0.2) is 71.1 Å². The summed E-state index contributed by atoms with van der Waals surface area (Å²) in [7, 11) is 0. The number of aromatic nitrogens is 3. The van der Waals surface area contributed by atoms with Gasteiger partial charge in [-0.1, -0.05) is 48.5 Å². The van der Waals surface area contributed by atoms with Gasteiger partial charge in [-0.2, -0.15) is 0 Å². The molecule has 0 N–H and O–H groups in total. The molecule has 2 heterocycles. The van der Waals surface area contributed by atoms with Crippen molar-refractivity contribution in [3.63, 3.8) is 0 Å². The lowest BCUT2D eigenvalue weighted by atomic mass is 10.2. The van der Waals surface area contributed by atoms with E-state index >= 15 is 0 Å². The Kier molecular flexibility index (Phi) is 5.24. The van der Waals surface area contributed by atoms with Gasteiger partial charge in [-0.15, -0.1) is 10.2 Å². The number of carbonyl (C=O) groups is 1. The maximum atomic E-state index is 12.6. The van der Waals surface area contributed by atoms with E-state index in [1.54, 1.807) is 0 Å². The smallest absolute Gasteiger partial charge is 0.340 e. The standard InChI is InChI=1S/C23H21N3O3/c1-16-13-20(17(2)26(16)14-18-9-5-3-6-10-18)23(27)28-15-21-24-25-22(29-21)19-11-7-4-8-12-19/h3-13H,14-15H2,1-2H3. The Morgan fingerprint density at radius 3 is 2.41 bits per heavy atom. The molecule has 4 aromatic rings.